The molecule has 0 radical (unpaired) electrons. The summed E-state index contributed by atoms with van der Waals surface area (Å²) < 4.78 is 5.07. The predicted octanol–water partition coefficient (Wildman–Crippen LogP) is 4.70. The van der Waals surface area contributed by atoms with Crippen LogP contribution >= 0.6 is 23.5 Å². The van der Waals surface area contributed by atoms with E-state index in [2.05, 4.69) is 15.5 Å². The van der Waals surface area contributed by atoms with Crippen molar-refractivity contribution in [3.05, 3.63) is 65.7 Å². The molecule has 0 saturated heterocycles. The molecule has 3 rings (SSSR count). The average molecular weight is 429 g/mol. The molecule has 0 unspecified atom stereocenters. The zero-order valence-corrected chi connectivity index (χ0v) is 17.8. The van der Waals surface area contributed by atoms with Crippen molar-refractivity contribution >= 4 is 40.4 Å². The van der Waals surface area contributed by atoms with E-state index in [4.69, 9.17) is 4.52 Å². The second kappa shape index (κ2) is 9.62. The molecule has 29 heavy (non-hydrogen) atoms. The maximum absolute atomic E-state index is 12.7. The molecule has 0 aliphatic rings. The molecule has 0 aliphatic carbocycles. The van der Waals surface area contributed by atoms with E-state index in [-0.39, 0.29) is 11.1 Å². The van der Waals surface area contributed by atoms with Gasteiger partial charge in [-0.1, -0.05) is 16.9 Å². The summed E-state index contributed by atoms with van der Waals surface area (Å²) in [7, 11) is 3.41. The highest BCUT2D eigenvalue weighted by atomic mass is 32.2. The Hall–Kier alpha value is -2.78. The number of nitrogens with zero attached hydrogens (tertiary/aromatic N) is 3. The molecule has 0 fully saturated rings. The van der Waals surface area contributed by atoms with Crippen molar-refractivity contribution in [2.45, 2.75) is 22.6 Å². The third-order valence-electron chi connectivity index (χ3n) is 3.73. The van der Waals surface area contributed by atoms with Gasteiger partial charge in [0.15, 0.2) is 0 Å². The fraction of sp³-hybridized carbons (Fsp3) is 0.200. The van der Waals surface area contributed by atoms with Crippen LogP contribution in [-0.2, 0) is 5.75 Å². The molecule has 0 saturated carbocycles. The van der Waals surface area contributed by atoms with Gasteiger partial charge in [0.2, 0.25) is 0 Å². The Balaban J connectivity index is 1.65. The third kappa shape index (κ3) is 5.85. The minimum absolute atomic E-state index is 0.0545. The van der Waals surface area contributed by atoms with Crippen LogP contribution in [0.15, 0.2) is 63.1 Å². The number of aryl methyl sites for hydroxylation is 1. The van der Waals surface area contributed by atoms with Crippen LogP contribution in [-0.4, -0.2) is 40.3 Å². The molecule has 0 spiro atoms. The molecule has 1 aromatic carbocycles. The molecule has 2 amide bonds. The minimum atomic E-state index is -0.248. The first-order valence-electron chi connectivity index (χ1n) is 8.73. The predicted molar refractivity (Wildman–Crippen MR) is 114 cm³/mol. The quantitative estimate of drug-likeness (QED) is 0.570. The van der Waals surface area contributed by atoms with Crippen molar-refractivity contribution in [2.24, 2.45) is 0 Å². The lowest BCUT2D eigenvalue weighted by atomic mass is 10.2. The van der Waals surface area contributed by atoms with Crippen molar-refractivity contribution in [2.75, 3.05) is 19.4 Å². The van der Waals surface area contributed by atoms with Gasteiger partial charge in [0.05, 0.1) is 11.3 Å². The normalized spacial score (nSPS) is 10.6. The van der Waals surface area contributed by atoms with Crippen LogP contribution in [0, 0.1) is 6.92 Å². The number of benzene rings is 1. The van der Waals surface area contributed by atoms with Crippen molar-refractivity contribution in [3.8, 4) is 0 Å². The molecule has 150 valence electrons. The van der Waals surface area contributed by atoms with Gasteiger partial charge in [0.1, 0.15) is 10.8 Å². The summed E-state index contributed by atoms with van der Waals surface area (Å²) >= 11 is 2.56. The SMILES string of the molecule is Cc1cc(CSc2ncccc2C(=O)Nc2ccc(SC(=O)N(C)C)cc2)no1. The summed E-state index contributed by atoms with van der Waals surface area (Å²) in [5.41, 5.74) is 1.92. The first kappa shape index (κ1) is 20.9. The van der Waals surface area contributed by atoms with Crippen LogP contribution in [0.2, 0.25) is 0 Å². The molecule has 1 N–H and O–H groups in total. The van der Waals surface area contributed by atoms with E-state index in [1.54, 1.807) is 56.7 Å². The number of pyridine rings is 1. The number of nitrogens with one attached hydrogen (secondary N) is 1. The molecular formula is C20H20N4O3S2. The Morgan fingerprint density at radius 2 is 1.93 bits per heavy atom. The van der Waals surface area contributed by atoms with Crippen LogP contribution in [0.5, 0.6) is 0 Å². The number of anilines is 1. The Bertz CT molecular complexity index is 1000. The fourth-order valence-corrected chi connectivity index (χ4v) is 3.83. The lowest BCUT2D eigenvalue weighted by Gasteiger charge is -2.10. The van der Waals surface area contributed by atoms with Crippen LogP contribution in [0.4, 0.5) is 10.5 Å². The maximum Gasteiger partial charge on any atom is 0.285 e. The van der Waals surface area contributed by atoms with Gasteiger partial charge >= 0.3 is 0 Å². The number of hydrogen-bond acceptors (Lipinski definition) is 7. The van der Waals surface area contributed by atoms with Gasteiger partial charge in [0, 0.05) is 42.7 Å². The van der Waals surface area contributed by atoms with E-state index in [0.29, 0.717) is 22.0 Å². The summed E-state index contributed by atoms with van der Waals surface area (Å²) in [5.74, 6) is 1.05. The summed E-state index contributed by atoms with van der Waals surface area (Å²) in [6, 6.07) is 12.5. The van der Waals surface area contributed by atoms with Crippen LogP contribution in [0.25, 0.3) is 0 Å². The van der Waals surface area contributed by atoms with Gasteiger partial charge in [-0.2, -0.15) is 0 Å². The molecule has 0 aliphatic heterocycles. The number of thioether (sulfide) groups is 2. The minimum Gasteiger partial charge on any atom is -0.361 e. The largest absolute Gasteiger partial charge is 0.361 e. The Morgan fingerprint density at radius 3 is 2.59 bits per heavy atom. The summed E-state index contributed by atoms with van der Waals surface area (Å²) in [6.07, 6.45) is 1.65. The first-order valence-corrected chi connectivity index (χ1v) is 10.5. The Labute approximate surface area is 177 Å². The molecule has 7 nitrogen and oxygen atoms in total. The molecule has 9 heteroatoms. The van der Waals surface area contributed by atoms with Gasteiger partial charge < -0.3 is 14.7 Å². The maximum atomic E-state index is 12.7. The average Bonchev–Trinajstić information content (AvgIpc) is 3.13. The smallest absolute Gasteiger partial charge is 0.285 e. The molecule has 0 bridgehead atoms. The summed E-state index contributed by atoms with van der Waals surface area (Å²) in [4.78, 5) is 31.1. The van der Waals surface area contributed by atoms with Crippen LogP contribution < -0.4 is 5.32 Å². The number of hydrogen-bond donors (Lipinski definition) is 1. The van der Waals surface area contributed by atoms with E-state index in [1.165, 1.54) is 16.7 Å². The van der Waals surface area contributed by atoms with Crippen LogP contribution in [0.3, 0.4) is 0 Å². The number of rotatable bonds is 6. The van der Waals surface area contributed by atoms with E-state index < -0.39 is 0 Å². The van der Waals surface area contributed by atoms with Crippen molar-refractivity contribution in [1.82, 2.24) is 15.0 Å². The highest BCUT2D eigenvalue weighted by Gasteiger charge is 2.14. The molecule has 3 aromatic rings. The summed E-state index contributed by atoms with van der Waals surface area (Å²) in [5, 5.41) is 7.40. The monoisotopic (exact) mass is 428 g/mol. The van der Waals surface area contributed by atoms with Gasteiger partial charge in [-0.15, -0.1) is 0 Å². The van der Waals surface area contributed by atoms with Gasteiger partial charge in [-0.25, -0.2) is 4.98 Å². The summed E-state index contributed by atoms with van der Waals surface area (Å²) in [6.45, 7) is 1.83. The highest BCUT2D eigenvalue weighted by Crippen LogP contribution is 2.26. The van der Waals surface area contributed by atoms with E-state index >= 15 is 0 Å². The van der Waals surface area contributed by atoms with Crippen molar-refractivity contribution in [3.63, 3.8) is 0 Å². The molecule has 2 aromatic heterocycles. The topological polar surface area (TPSA) is 88.3 Å². The van der Waals surface area contributed by atoms with Gasteiger partial charge in [0.25, 0.3) is 11.1 Å². The highest BCUT2D eigenvalue weighted by molar-refractivity contribution is 8.13. The zero-order chi connectivity index (χ0) is 20.8. The number of amides is 2. The second-order valence-corrected chi connectivity index (χ2v) is 8.30. The Morgan fingerprint density at radius 1 is 1.17 bits per heavy atom. The Kier molecular flexibility index (Phi) is 6.95. The first-order chi connectivity index (χ1) is 13.9. The van der Waals surface area contributed by atoms with Crippen LogP contribution in [0.1, 0.15) is 21.8 Å². The van der Waals surface area contributed by atoms with E-state index in [0.717, 1.165) is 28.1 Å². The van der Waals surface area contributed by atoms with Gasteiger partial charge in [-0.05, 0) is 55.1 Å². The van der Waals surface area contributed by atoms with Gasteiger partial charge in [-0.3, -0.25) is 9.59 Å². The lowest BCUT2D eigenvalue weighted by molar-refractivity contribution is 0.102. The van der Waals surface area contributed by atoms with Crippen molar-refractivity contribution < 1.29 is 14.1 Å². The zero-order valence-electron chi connectivity index (χ0n) is 16.2. The molecular weight excluding hydrogens is 408 g/mol. The number of carbonyl (C=O) groups excluding carboxylic acids is 2. The van der Waals surface area contributed by atoms with E-state index in [9.17, 15) is 9.59 Å². The number of carbonyl (C=O) groups is 2. The second-order valence-electron chi connectivity index (χ2n) is 6.31. The van der Waals surface area contributed by atoms with E-state index in [1.807, 2.05) is 13.0 Å². The van der Waals surface area contributed by atoms with Crippen molar-refractivity contribution in [1.29, 1.82) is 0 Å². The number of aromatic nitrogens is 2. The molecule has 2 heterocycles. The molecule has 0 atom stereocenters. The lowest BCUT2D eigenvalue weighted by Crippen LogP contribution is -2.16. The fourth-order valence-electron chi connectivity index (χ4n) is 2.30. The standard InChI is InChI=1S/C20H20N4O3S2/c1-13-11-15(23-27-13)12-28-19-17(5-4-10-21-19)18(25)22-14-6-8-16(9-7-14)29-20(26)24(2)3/h4-11H,12H2,1-3H3,(H,22,25). The third-order valence-corrected chi connectivity index (χ3v) is 5.82.